The Labute approximate surface area is 90.3 Å². The molecule has 2 nitrogen and oxygen atoms in total. The van der Waals surface area contributed by atoms with Crippen molar-refractivity contribution in [1.29, 1.82) is 5.26 Å². The summed E-state index contributed by atoms with van der Waals surface area (Å²) in [6.45, 7) is 8.31. The Bertz CT molecular complexity index is 348. The van der Waals surface area contributed by atoms with E-state index in [1.165, 1.54) is 0 Å². The molecule has 14 heavy (non-hydrogen) atoms. The zero-order valence-corrected chi connectivity index (χ0v) is 10.8. The Balaban J connectivity index is 2.85. The van der Waals surface area contributed by atoms with Crippen LogP contribution >= 0.6 is 11.3 Å². The summed E-state index contributed by atoms with van der Waals surface area (Å²) in [5.41, 5.74) is 1.15. The molecule has 0 bridgehead atoms. The molecule has 0 N–H and O–H groups in total. The largest absolute Gasteiger partial charge is 0.398 e. The fourth-order valence-corrected chi connectivity index (χ4v) is 3.01. The molecule has 0 fully saturated rings. The van der Waals surface area contributed by atoms with E-state index in [2.05, 4.69) is 25.7 Å². The molecule has 0 radical (unpaired) electrons. The molecule has 0 aliphatic heterocycles. The van der Waals surface area contributed by atoms with Crippen molar-refractivity contribution in [3.05, 3.63) is 21.9 Å². The van der Waals surface area contributed by atoms with Crippen molar-refractivity contribution >= 4 is 19.7 Å². The maximum atomic E-state index is 9.04. The Kier molecular flexibility index (Phi) is 3.48. The molecule has 0 amide bonds. The van der Waals surface area contributed by atoms with Gasteiger partial charge in [-0.25, -0.2) is 0 Å². The van der Waals surface area contributed by atoms with Crippen molar-refractivity contribution in [2.45, 2.75) is 32.7 Å². The van der Waals surface area contributed by atoms with Gasteiger partial charge in [-0.1, -0.05) is 0 Å². The lowest BCUT2D eigenvalue weighted by molar-refractivity contribution is 0.258. The van der Waals surface area contributed by atoms with E-state index in [-0.39, 0.29) is 6.10 Å². The van der Waals surface area contributed by atoms with Crippen molar-refractivity contribution in [2.75, 3.05) is 0 Å². The lowest BCUT2D eigenvalue weighted by atomic mass is 10.2. The third-order valence-corrected chi connectivity index (χ3v) is 3.73. The Morgan fingerprint density at radius 3 is 2.50 bits per heavy atom. The van der Waals surface area contributed by atoms with E-state index in [9.17, 15) is 0 Å². The molecular formula is C10H15NOSSi. The summed E-state index contributed by atoms with van der Waals surface area (Å²) in [4.78, 5) is 1.05. The predicted molar refractivity (Wildman–Crippen MR) is 61.8 cm³/mol. The molecule has 0 saturated heterocycles. The highest BCUT2D eigenvalue weighted by molar-refractivity contribution is 7.10. The minimum absolute atomic E-state index is 0.373. The van der Waals surface area contributed by atoms with Crippen LogP contribution in [0.4, 0.5) is 0 Å². The first-order valence-corrected chi connectivity index (χ1v) is 8.84. The van der Waals surface area contributed by atoms with Crippen LogP contribution in [-0.4, -0.2) is 8.32 Å². The van der Waals surface area contributed by atoms with Gasteiger partial charge in [-0.2, -0.15) is 5.26 Å². The lowest BCUT2D eigenvalue weighted by Crippen LogP contribution is -2.27. The van der Waals surface area contributed by atoms with E-state index in [0.717, 1.165) is 10.4 Å². The molecule has 76 valence electrons. The molecular weight excluding hydrogens is 210 g/mol. The molecule has 0 aliphatic rings. The quantitative estimate of drug-likeness (QED) is 0.738. The summed E-state index contributed by atoms with van der Waals surface area (Å²) in [5.74, 6) is 0. The molecule has 0 aliphatic carbocycles. The molecule has 0 aromatic carbocycles. The fourth-order valence-electron chi connectivity index (χ4n) is 1.15. The third-order valence-electron chi connectivity index (χ3n) is 1.73. The summed E-state index contributed by atoms with van der Waals surface area (Å²) >= 11 is 1.60. The van der Waals surface area contributed by atoms with Crippen LogP contribution in [0, 0.1) is 18.3 Å². The van der Waals surface area contributed by atoms with Crippen molar-refractivity contribution in [3.8, 4) is 6.07 Å². The number of thiophene rings is 1. The van der Waals surface area contributed by atoms with Gasteiger partial charge in [-0.15, -0.1) is 11.3 Å². The summed E-state index contributed by atoms with van der Waals surface area (Å²) in [7, 11) is -1.64. The first-order valence-electron chi connectivity index (χ1n) is 4.55. The monoisotopic (exact) mass is 225 g/mol. The van der Waals surface area contributed by atoms with E-state index >= 15 is 0 Å². The SMILES string of the molecule is Cc1ccsc1C(C#N)O[Si](C)(C)C. The highest BCUT2D eigenvalue weighted by atomic mass is 32.1. The van der Waals surface area contributed by atoms with Gasteiger partial charge in [0.15, 0.2) is 14.4 Å². The third kappa shape index (κ3) is 2.95. The van der Waals surface area contributed by atoms with Crippen molar-refractivity contribution in [2.24, 2.45) is 0 Å². The number of rotatable bonds is 3. The van der Waals surface area contributed by atoms with Gasteiger partial charge in [0.05, 0.1) is 6.07 Å². The number of nitriles is 1. The second-order valence-electron chi connectivity index (χ2n) is 4.21. The minimum atomic E-state index is -1.64. The Morgan fingerprint density at radius 2 is 2.14 bits per heavy atom. The highest BCUT2D eigenvalue weighted by Gasteiger charge is 2.23. The zero-order valence-electron chi connectivity index (χ0n) is 9.00. The van der Waals surface area contributed by atoms with Gasteiger partial charge < -0.3 is 4.43 Å². The summed E-state index contributed by atoms with van der Waals surface area (Å²) < 4.78 is 5.80. The molecule has 1 rings (SSSR count). The Morgan fingerprint density at radius 1 is 1.50 bits per heavy atom. The molecule has 1 aromatic heterocycles. The number of hydrogen-bond donors (Lipinski definition) is 0. The van der Waals surface area contributed by atoms with E-state index in [1.807, 2.05) is 18.4 Å². The maximum absolute atomic E-state index is 9.04. The van der Waals surface area contributed by atoms with Crippen LogP contribution in [-0.2, 0) is 4.43 Å². The van der Waals surface area contributed by atoms with Gasteiger partial charge in [-0.3, -0.25) is 0 Å². The van der Waals surface area contributed by atoms with Crippen LogP contribution in [0.2, 0.25) is 19.6 Å². The van der Waals surface area contributed by atoms with Crippen LogP contribution in [0.25, 0.3) is 0 Å². The number of nitrogens with zero attached hydrogens (tertiary/aromatic N) is 1. The summed E-state index contributed by atoms with van der Waals surface area (Å²) in [5, 5.41) is 11.0. The van der Waals surface area contributed by atoms with Crippen molar-refractivity contribution in [3.63, 3.8) is 0 Å². The van der Waals surface area contributed by atoms with E-state index in [4.69, 9.17) is 9.69 Å². The van der Waals surface area contributed by atoms with Crippen LogP contribution in [0.3, 0.4) is 0 Å². The van der Waals surface area contributed by atoms with Gasteiger partial charge >= 0.3 is 0 Å². The van der Waals surface area contributed by atoms with Gasteiger partial charge in [0.25, 0.3) is 0 Å². The lowest BCUT2D eigenvalue weighted by Gasteiger charge is -2.21. The molecule has 1 heterocycles. The van der Waals surface area contributed by atoms with Crippen LogP contribution in [0.5, 0.6) is 0 Å². The molecule has 0 saturated carbocycles. The normalized spacial score (nSPS) is 13.6. The summed E-state index contributed by atoms with van der Waals surface area (Å²) in [6, 6.07) is 4.25. The topological polar surface area (TPSA) is 33.0 Å². The van der Waals surface area contributed by atoms with Crippen molar-refractivity contribution < 1.29 is 4.43 Å². The van der Waals surface area contributed by atoms with Gasteiger partial charge in [0, 0.05) is 4.88 Å². The fraction of sp³-hybridized carbons (Fsp3) is 0.500. The summed E-state index contributed by atoms with van der Waals surface area (Å²) in [6.07, 6.45) is -0.373. The molecule has 4 heteroatoms. The highest BCUT2D eigenvalue weighted by Crippen LogP contribution is 2.28. The second kappa shape index (κ2) is 4.26. The number of hydrogen-bond acceptors (Lipinski definition) is 3. The van der Waals surface area contributed by atoms with E-state index in [1.54, 1.807) is 11.3 Å². The minimum Gasteiger partial charge on any atom is -0.398 e. The van der Waals surface area contributed by atoms with E-state index in [0.29, 0.717) is 0 Å². The molecule has 1 unspecified atom stereocenters. The van der Waals surface area contributed by atoms with Gasteiger partial charge in [0.2, 0.25) is 0 Å². The maximum Gasteiger partial charge on any atom is 0.186 e. The standard InChI is InChI=1S/C10H15NOSSi/c1-8-5-6-13-10(8)9(7-11)12-14(2,3)4/h5-6,9H,1-4H3. The van der Waals surface area contributed by atoms with Gasteiger partial charge in [0.1, 0.15) is 0 Å². The van der Waals surface area contributed by atoms with Crippen LogP contribution in [0.15, 0.2) is 11.4 Å². The second-order valence-corrected chi connectivity index (χ2v) is 9.62. The van der Waals surface area contributed by atoms with Crippen molar-refractivity contribution in [1.82, 2.24) is 0 Å². The average molecular weight is 225 g/mol. The molecule has 1 aromatic rings. The number of aryl methyl sites for hydroxylation is 1. The first kappa shape index (κ1) is 11.4. The zero-order chi connectivity index (χ0) is 10.8. The smallest absolute Gasteiger partial charge is 0.186 e. The molecule has 1 atom stereocenters. The first-order chi connectivity index (χ1) is 6.44. The Hall–Kier alpha value is -0.633. The average Bonchev–Trinajstić information content (AvgIpc) is 2.45. The van der Waals surface area contributed by atoms with Gasteiger partial charge in [-0.05, 0) is 43.6 Å². The van der Waals surface area contributed by atoms with Crippen LogP contribution in [0.1, 0.15) is 16.5 Å². The predicted octanol–water partition coefficient (Wildman–Crippen LogP) is 3.47. The van der Waals surface area contributed by atoms with E-state index < -0.39 is 8.32 Å². The molecule has 0 spiro atoms. The van der Waals surface area contributed by atoms with Crippen LogP contribution < -0.4 is 0 Å².